The number of halogens is 1. The zero-order valence-corrected chi connectivity index (χ0v) is 28.5. The van der Waals surface area contributed by atoms with Crippen molar-refractivity contribution in [2.75, 3.05) is 19.0 Å². The first kappa shape index (κ1) is 31.1. The Morgan fingerprint density at radius 2 is 1.98 bits per heavy atom. The summed E-state index contributed by atoms with van der Waals surface area (Å²) in [6.07, 6.45) is 5.75. The molecule has 50 heavy (non-hydrogen) atoms. The van der Waals surface area contributed by atoms with Crippen LogP contribution in [0.15, 0.2) is 74.9 Å². The molecule has 0 amide bonds. The molecule has 2 atom stereocenters. The molecule has 4 aromatic heterocycles. The second-order valence-corrected chi connectivity index (χ2v) is 15.7. The van der Waals surface area contributed by atoms with Crippen LogP contribution in [0.5, 0.6) is 5.75 Å². The van der Waals surface area contributed by atoms with E-state index in [4.69, 9.17) is 19.1 Å². The summed E-state index contributed by atoms with van der Waals surface area (Å²) in [4.78, 5) is 22.9. The molecule has 2 N–H and O–H groups in total. The number of hydrogen-bond donors (Lipinski definition) is 2. The van der Waals surface area contributed by atoms with Crippen molar-refractivity contribution in [3.63, 3.8) is 0 Å². The predicted octanol–water partition coefficient (Wildman–Crippen LogP) is 6.57. The van der Waals surface area contributed by atoms with E-state index in [-0.39, 0.29) is 28.7 Å². The lowest BCUT2D eigenvalue weighted by atomic mass is 9.96. The topological polar surface area (TPSA) is 143 Å². The van der Waals surface area contributed by atoms with E-state index in [1.54, 1.807) is 25.4 Å². The number of H-pyrrole nitrogens is 1. The Balaban J connectivity index is 1.23. The molecule has 0 unspecified atom stereocenters. The maximum atomic E-state index is 14.4. The van der Waals surface area contributed by atoms with Gasteiger partial charge in [0.2, 0.25) is 10.0 Å². The van der Waals surface area contributed by atoms with Crippen LogP contribution in [0.4, 0.5) is 10.2 Å². The average molecular weight is 711 g/mol. The zero-order chi connectivity index (χ0) is 34.1. The van der Waals surface area contributed by atoms with Crippen molar-refractivity contribution in [2.24, 2.45) is 0 Å². The summed E-state index contributed by atoms with van der Waals surface area (Å²) in [6, 6.07) is 15.8. The molecule has 3 aliphatic rings. The van der Waals surface area contributed by atoms with Crippen molar-refractivity contribution in [2.45, 2.75) is 55.5 Å². The van der Waals surface area contributed by atoms with E-state index in [9.17, 15) is 17.6 Å². The molecule has 0 radical (unpaired) electrons. The van der Waals surface area contributed by atoms with Crippen LogP contribution in [0.3, 0.4) is 0 Å². The summed E-state index contributed by atoms with van der Waals surface area (Å²) in [5.74, 6) is 0.430. The summed E-state index contributed by atoms with van der Waals surface area (Å²) in [6.45, 7) is 0.401. The highest BCUT2D eigenvalue weighted by Crippen LogP contribution is 2.53. The minimum absolute atomic E-state index is 0.0217. The van der Waals surface area contributed by atoms with Gasteiger partial charge >= 0.3 is 5.76 Å². The van der Waals surface area contributed by atoms with Crippen molar-refractivity contribution < 1.29 is 22.0 Å². The Labute approximate surface area is 290 Å². The molecule has 1 saturated heterocycles. The Hall–Kier alpha value is -4.92. The number of benzene rings is 2. The Morgan fingerprint density at radius 3 is 2.78 bits per heavy atom. The smallest absolute Gasteiger partial charge is 0.434 e. The molecule has 254 valence electrons. The highest BCUT2D eigenvalue weighted by Gasteiger charge is 2.49. The molecule has 0 saturated carbocycles. The first-order valence-electron chi connectivity index (χ1n) is 16.5. The summed E-state index contributed by atoms with van der Waals surface area (Å²) in [7, 11) is -2.26. The zero-order valence-electron chi connectivity index (χ0n) is 26.9. The summed E-state index contributed by atoms with van der Waals surface area (Å²) in [5, 5.41) is 11.1. The van der Waals surface area contributed by atoms with Crippen LogP contribution in [-0.4, -0.2) is 46.5 Å². The molecule has 1 fully saturated rings. The maximum Gasteiger partial charge on any atom is 0.434 e. The van der Waals surface area contributed by atoms with Crippen LogP contribution in [0.2, 0.25) is 0 Å². The van der Waals surface area contributed by atoms with Gasteiger partial charge in [-0.15, -0.1) is 16.4 Å². The molecule has 11 nitrogen and oxygen atoms in total. The van der Waals surface area contributed by atoms with Gasteiger partial charge in [-0.2, -0.15) is 4.31 Å². The molecule has 9 rings (SSSR count). The highest BCUT2D eigenvalue weighted by atomic mass is 32.2. The number of aromatic nitrogens is 4. The van der Waals surface area contributed by atoms with Crippen LogP contribution >= 0.6 is 11.3 Å². The third-order valence-electron chi connectivity index (χ3n) is 9.99. The number of aromatic amines is 1. The highest BCUT2D eigenvalue weighted by molar-refractivity contribution is 7.89. The normalized spacial score (nSPS) is 19.1. The number of nitrogens with one attached hydrogen (secondary N) is 2. The first-order chi connectivity index (χ1) is 24.3. The van der Waals surface area contributed by atoms with Crippen LogP contribution in [0.1, 0.15) is 59.4 Å². The number of aryl methyl sites for hydroxylation is 2. The Bertz CT molecular complexity index is 2480. The van der Waals surface area contributed by atoms with Gasteiger partial charge in [0.05, 0.1) is 40.8 Å². The van der Waals surface area contributed by atoms with Gasteiger partial charge in [0, 0.05) is 23.2 Å². The van der Waals surface area contributed by atoms with Gasteiger partial charge in [-0.25, -0.2) is 27.7 Å². The van der Waals surface area contributed by atoms with Gasteiger partial charge in [-0.05, 0) is 90.9 Å². The quantitative estimate of drug-likeness (QED) is 0.179. The number of rotatable bonds is 8. The number of thiophene rings is 1. The van der Waals surface area contributed by atoms with E-state index in [0.29, 0.717) is 59.0 Å². The van der Waals surface area contributed by atoms with E-state index in [1.807, 2.05) is 24.3 Å². The number of nitrogens with zero attached hydrogens (tertiary/aromatic N) is 4. The molecule has 14 heteroatoms. The first-order valence-corrected chi connectivity index (χ1v) is 18.8. The fourth-order valence-corrected chi connectivity index (χ4v) is 11.0. The lowest BCUT2D eigenvalue weighted by Crippen LogP contribution is -2.23. The summed E-state index contributed by atoms with van der Waals surface area (Å²) in [5.41, 5.74) is 5.04. The monoisotopic (exact) mass is 710 g/mol. The summed E-state index contributed by atoms with van der Waals surface area (Å²) < 4.78 is 56.0. The van der Waals surface area contributed by atoms with Gasteiger partial charge in [-0.1, -0.05) is 24.3 Å². The van der Waals surface area contributed by atoms with Crippen LogP contribution in [-0.2, 0) is 29.3 Å². The van der Waals surface area contributed by atoms with Crippen LogP contribution in [0.25, 0.3) is 32.0 Å². The number of anilines is 1. The second-order valence-electron chi connectivity index (χ2n) is 12.8. The van der Waals surface area contributed by atoms with Crippen LogP contribution in [0, 0.1) is 5.82 Å². The average Bonchev–Trinajstić information content (AvgIpc) is 3.95. The molecule has 0 bridgehead atoms. The number of pyridine rings is 2. The predicted molar refractivity (Wildman–Crippen MR) is 186 cm³/mol. The van der Waals surface area contributed by atoms with Gasteiger partial charge in [0.1, 0.15) is 22.3 Å². The van der Waals surface area contributed by atoms with Crippen molar-refractivity contribution in [1.29, 1.82) is 0 Å². The fraction of sp³-hybridized carbons (Fsp3) is 0.278. The SMILES string of the molecule is COc1cccc2c1CC[C@@H]2Nc1nccc2cc(-c3c(-c4n[nH]c(=O)o4)c(CCc4ccc(F)cc4)nc4c3S(=O)(=O)N3CCC[C@@H]43)sc12. The lowest BCUT2D eigenvalue weighted by molar-refractivity contribution is 0.410. The minimum atomic E-state index is -3.95. The van der Waals surface area contributed by atoms with Gasteiger partial charge in [-0.3, -0.25) is 4.98 Å². The molecular formula is C36H31FN6O5S2. The Morgan fingerprint density at radius 1 is 1.12 bits per heavy atom. The number of hydrogen-bond acceptors (Lipinski definition) is 10. The number of sulfonamides is 1. The van der Waals surface area contributed by atoms with E-state index < -0.39 is 15.8 Å². The minimum Gasteiger partial charge on any atom is -0.496 e. The second kappa shape index (κ2) is 11.9. The standard InChI is InChI=1S/C36H31FN6O5S2/c1-47-27-6-2-4-22-23(27)12-14-24(22)40-34-32-20(15-16-38-34)18-28(49-32)30-29(35-41-42-36(44)48-35)25(13-9-19-7-10-21(37)11-8-19)39-31-26-5-3-17-43(26)50(45,46)33(30)31/h2,4,6-8,10-11,15-16,18,24,26H,3,5,9,12-14,17H2,1H3,(H,38,40)(H,42,44)/t24-,26-/m0/s1. The van der Waals surface area contributed by atoms with E-state index >= 15 is 0 Å². The fourth-order valence-electron chi connectivity index (χ4n) is 7.76. The third-order valence-corrected chi connectivity index (χ3v) is 13.2. The lowest BCUT2D eigenvalue weighted by Gasteiger charge is -2.16. The van der Waals surface area contributed by atoms with Gasteiger partial charge in [0.25, 0.3) is 5.89 Å². The molecular weight excluding hydrogens is 680 g/mol. The molecule has 2 aliphatic heterocycles. The largest absolute Gasteiger partial charge is 0.496 e. The third kappa shape index (κ3) is 4.95. The van der Waals surface area contributed by atoms with Crippen molar-refractivity contribution in [3.8, 4) is 27.6 Å². The van der Waals surface area contributed by atoms with E-state index in [2.05, 4.69) is 21.6 Å². The number of ether oxygens (including phenoxy) is 1. The van der Waals surface area contributed by atoms with Crippen molar-refractivity contribution >= 4 is 37.3 Å². The molecule has 6 heterocycles. The number of fused-ring (bicyclic) bond motifs is 5. The van der Waals surface area contributed by atoms with Crippen molar-refractivity contribution in [3.05, 3.63) is 105 Å². The molecule has 1 aliphatic carbocycles. The molecule has 0 spiro atoms. The maximum absolute atomic E-state index is 14.4. The Kier molecular flexibility index (Phi) is 7.37. The van der Waals surface area contributed by atoms with Gasteiger partial charge in [0.15, 0.2) is 0 Å². The van der Waals surface area contributed by atoms with Gasteiger partial charge < -0.3 is 14.5 Å². The number of methoxy groups -OCH3 is 1. The molecule has 2 aromatic carbocycles. The van der Waals surface area contributed by atoms with E-state index in [0.717, 1.165) is 40.7 Å². The van der Waals surface area contributed by atoms with Crippen LogP contribution < -0.4 is 15.8 Å². The molecule has 6 aromatic rings. The van der Waals surface area contributed by atoms with E-state index in [1.165, 1.54) is 38.9 Å². The summed E-state index contributed by atoms with van der Waals surface area (Å²) >= 11 is 1.42. The van der Waals surface area contributed by atoms with Crippen molar-refractivity contribution in [1.82, 2.24) is 24.5 Å².